The van der Waals surface area contributed by atoms with Crippen molar-refractivity contribution < 1.29 is 13.2 Å². The summed E-state index contributed by atoms with van der Waals surface area (Å²) in [5.41, 5.74) is 2.73. The molecule has 1 fully saturated rings. The van der Waals surface area contributed by atoms with Crippen LogP contribution in [0.3, 0.4) is 0 Å². The molecule has 1 amide bonds. The molecule has 1 aliphatic rings. The fourth-order valence-electron chi connectivity index (χ4n) is 3.46. The van der Waals surface area contributed by atoms with Crippen molar-refractivity contribution in [1.82, 2.24) is 4.31 Å². The van der Waals surface area contributed by atoms with Crippen LogP contribution in [0.25, 0.3) is 0 Å². The summed E-state index contributed by atoms with van der Waals surface area (Å²) in [6, 6.07) is 16.7. The molecule has 1 heterocycles. The quantitative estimate of drug-likeness (QED) is 0.450. The van der Waals surface area contributed by atoms with E-state index in [-0.39, 0.29) is 4.90 Å². The van der Waals surface area contributed by atoms with Crippen molar-refractivity contribution in [3.05, 3.63) is 71.4 Å². The van der Waals surface area contributed by atoms with E-state index in [0.29, 0.717) is 5.57 Å². The number of hydrogen-bond acceptors (Lipinski definition) is 3. The highest BCUT2D eigenvalue weighted by Gasteiger charge is 2.56. The molecule has 2 aromatic carbocycles. The zero-order valence-electron chi connectivity index (χ0n) is 16.4. The fourth-order valence-corrected chi connectivity index (χ4v) is 7.58. The molecule has 0 radical (unpaired) electrons. The molecule has 142 valence electrons. The van der Waals surface area contributed by atoms with Crippen LogP contribution in [0.4, 0.5) is 0 Å². The molecule has 0 saturated carbocycles. The maximum absolute atomic E-state index is 13.0. The van der Waals surface area contributed by atoms with Crippen molar-refractivity contribution in [3.63, 3.8) is 0 Å². The van der Waals surface area contributed by atoms with E-state index in [1.54, 1.807) is 38.1 Å². The second-order valence-electron chi connectivity index (χ2n) is 8.09. The van der Waals surface area contributed by atoms with Gasteiger partial charge in [-0.15, -0.1) is 0 Å². The predicted octanol–water partition coefficient (Wildman–Crippen LogP) is 3.39. The smallest absolute Gasteiger partial charge is 0.267 e. The number of amides is 1. The number of carbonyl (C=O) groups excluding carboxylic acids is 1. The first-order valence-corrected chi connectivity index (χ1v) is 13.4. The van der Waals surface area contributed by atoms with E-state index in [1.165, 1.54) is 5.19 Å². The summed E-state index contributed by atoms with van der Waals surface area (Å²) >= 11 is 0. The lowest BCUT2D eigenvalue weighted by Crippen LogP contribution is -2.65. The van der Waals surface area contributed by atoms with Gasteiger partial charge in [0.1, 0.15) is 8.07 Å². The first kappa shape index (κ1) is 19.6. The van der Waals surface area contributed by atoms with Crippen LogP contribution in [0.15, 0.2) is 70.8 Å². The maximum Gasteiger partial charge on any atom is 0.267 e. The SMILES string of the molecule is Cc1ccc(S(=O)(=O)N2C(=O)/C(=C\[Si](C)(C)c3ccccc3)C2(C)C)cc1. The predicted molar refractivity (Wildman–Crippen MR) is 111 cm³/mol. The Bertz CT molecular complexity index is 1010. The van der Waals surface area contributed by atoms with E-state index in [0.717, 1.165) is 9.87 Å². The molecule has 0 unspecified atom stereocenters. The highest BCUT2D eigenvalue weighted by atomic mass is 32.2. The van der Waals surface area contributed by atoms with Gasteiger partial charge in [0, 0.05) is 5.57 Å². The van der Waals surface area contributed by atoms with E-state index in [9.17, 15) is 13.2 Å². The van der Waals surface area contributed by atoms with E-state index in [2.05, 4.69) is 25.2 Å². The Hall–Kier alpha value is -2.18. The third-order valence-corrected chi connectivity index (χ3v) is 9.97. The van der Waals surface area contributed by atoms with Crippen LogP contribution in [-0.4, -0.2) is 32.2 Å². The number of benzene rings is 2. The van der Waals surface area contributed by atoms with Crippen LogP contribution in [0, 0.1) is 6.92 Å². The van der Waals surface area contributed by atoms with Crippen molar-refractivity contribution in [2.75, 3.05) is 0 Å². The topological polar surface area (TPSA) is 54.5 Å². The Balaban J connectivity index is 1.98. The summed E-state index contributed by atoms with van der Waals surface area (Å²) in [5.74, 6) is -0.419. The number of aryl methyl sites for hydroxylation is 1. The minimum absolute atomic E-state index is 0.146. The third kappa shape index (κ3) is 3.28. The van der Waals surface area contributed by atoms with Crippen LogP contribution >= 0.6 is 0 Å². The molecule has 0 bridgehead atoms. The van der Waals surface area contributed by atoms with Crippen LogP contribution in [0.5, 0.6) is 0 Å². The molecule has 0 atom stereocenters. The minimum Gasteiger partial charge on any atom is -0.268 e. The Labute approximate surface area is 162 Å². The molecule has 2 aromatic rings. The average Bonchev–Trinajstić information content (AvgIpc) is 2.60. The van der Waals surface area contributed by atoms with Gasteiger partial charge in [0.15, 0.2) is 0 Å². The molecule has 0 spiro atoms. The molecule has 6 heteroatoms. The van der Waals surface area contributed by atoms with E-state index in [4.69, 9.17) is 0 Å². The number of nitrogens with zero attached hydrogens (tertiary/aromatic N) is 1. The molecular formula is C21H25NO3SSi. The summed E-state index contributed by atoms with van der Waals surface area (Å²) in [4.78, 5) is 13.0. The highest BCUT2D eigenvalue weighted by Crippen LogP contribution is 2.42. The van der Waals surface area contributed by atoms with Gasteiger partial charge in [0.25, 0.3) is 15.9 Å². The second-order valence-corrected chi connectivity index (χ2v) is 14.2. The summed E-state index contributed by atoms with van der Waals surface area (Å²) < 4.78 is 27.1. The average molecular weight is 400 g/mol. The van der Waals surface area contributed by atoms with Crippen molar-refractivity contribution in [1.29, 1.82) is 0 Å². The summed E-state index contributed by atoms with van der Waals surface area (Å²) in [6.07, 6.45) is 0. The van der Waals surface area contributed by atoms with Crippen LogP contribution in [0.2, 0.25) is 13.1 Å². The lowest BCUT2D eigenvalue weighted by molar-refractivity contribution is -0.133. The van der Waals surface area contributed by atoms with Gasteiger partial charge in [0.2, 0.25) is 0 Å². The van der Waals surface area contributed by atoms with Crippen LogP contribution in [0.1, 0.15) is 19.4 Å². The summed E-state index contributed by atoms with van der Waals surface area (Å²) in [5, 5.41) is 1.21. The van der Waals surface area contributed by atoms with Gasteiger partial charge in [0.05, 0.1) is 10.4 Å². The molecule has 1 aliphatic heterocycles. The molecular weight excluding hydrogens is 374 g/mol. The molecule has 3 rings (SSSR count). The van der Waals surface area contributed by atoms with Crippen molar-refractivity contribution in [2.24, 2.45) is 0 Å². The zero-order valence-corrected chi connectivity index (χ0v) is 18.2. The number of β-lactam (4-membered cyclic amide) rings is 1. The molecule has 0 aliphatic carbocycles. The fraction of sp³-hybridized carbons (Fsp3) is 0.286. The zero-order chi connectivity index (χ0) is 20.0. The number of rotatable bonds is 4. The second kappa shape index (κ2) is 6.46. The Morgan fingerprint density at radius 2 is 1.52 bits per heavy atom. The lowest BCUT2D eigenvalue weighted by atomic mass is 9.86. The Morgan fingerprint density at radius 3 is 2.04 bits per heavy atom. The summed E-state index contributed by atoms with van der Waals surface area (Å²) in [6.45, 7) is 9.81. The monoisotopic (exact) mass is 399 g/mol. The molecule has 1 saturated heterocycles. The van der Waals surface area contributed by atoms with Crippen LogP contribution < -0.4 is 5.19 Å². The first-order chi connectivity index (χ1) is 12.5. The minimum atomic E-state index is -3.87. The summed E-state index contributed by atoms with van der Waals surface area (Å²) in [7, 11) is -5.89. The van der Waals surface area contributed by atoms with Gasteiger partial charge in [-0.05, 0) is 32.9 Å². The van der Waals surface area contributed by atoms with Gasteiger partial charge in [-0.1, -0.05) is 72.0 Å². The number of hydrogen-bond donors (Lipinski definition) is 0. The highest BCUT2D eigenvalue weighted by molar-refractivity contribution is 7.89. The van der Waals surface area contributed by atoms with E-state index in [1.807, 2.05) is 30.8 Å². The van der Waals surface area contributed by atoms with Crippen molar-refractivity contribution in [3.8, 4) is 0 Å². The number of sulfonamides is 1. The Kier molecular flexibility index (Phi) is 4.68. The van der Waals surface area contributed by atoms with Crippen molar-refractivity contribution in [2.45, 2.75) is 44.3 Å². The molecule has 0 N–H and O–H groups in total. The van der Waals surface area contributed by atoms with Gasteiger partial charge in [-0.25, -0.2) is 12.7 Å². The molecule has 0 aromatic heterocycles. The number of carbonyl (C=O) groups is 1. The molecule has 27 heavy (non-hydrogen) atoms. The maximum atomic E-state index is 13.0. The van der Waals surface area contributed by atoms with Crippen molar-refractivity contribution >= 4 is 29.2 Å². The van der Waals surface area contributed by atoms with Crippen LogP contribution in [-0.2, 0) is 14.8 Å². The largest absolute Gasteiger partial charge is 0.268 e. The van der Waals surface area contributed by atoms with Gasteiger partial charge in [-0.3, -0.25) is 4.79 Å². The van der Waals surface area contributed by atoms with Gasteiger partial charge in [-0.2, -0.15) is 0 Å². The lowest BCUT2D eigenvalue weighted by Gasteiger charge is -2.49. The van der Waals surface area contributed by atoms with E-state index < -0.39 is 29.5 Å². The van der Waals surface area contributed by atoms with Gasteiger partial charge < -0.3 is 0 Å². The molecule has 4 nitrogen and oxygen atoms in total. The van der Waals surface area contributed by atoms with Gasteiger partial charge >= 0.3 is 0 Å². The standard InChI is InChI=1S/C21H25NO3SSi/c1-16-11-13-17(14-12-16)26(24,25)22-20(23)19(21(22,2)3)15-27(4,5)18-9-7-6-8-10-18/h6-15H,1-5H3/b19-15+. The third-order valence-electron chi connectivity index (χ3n) is 5.16. The normalized spacial score (nSPS) is 18.5. The Morgan fingerprint density at radius 1 is 0.963 bits per heavy atom. The first-order valence-electron chi connectivity index (χ1n) is 8.93. The van der Waals surface area contributed by atoms with E-state index >= 15 is 0 Å².